The largest absolute Gasteiger partial charge is 0.350 e. The summed E-state index contributed by atoms with van der Waals surface area (Å²) >= 11 is 8.48. The molecule has 2 fully saturated rings. The lowest BCUT2D eigenvalue weighted by molar-refractivity contribution is -0.143. The molecule has 14 heteroatoms. The van der Waals surface area contributed by atoms with Gasteiger partial charge in [-0.15, -0.1) is 22.7 Å². The van der Waals surface area contributed by atoms with Crippen LogP contribution in [0, 0.1) is 0 Å². The molecule has 10 nitrogen and oxygen atoms in total. The lowest BCUT2D eigenvalue weighted by Crippen LogP contribution is -2.55. The third-order valence-corrected chi connectivity index (χ3v) is 11.4. The van der Waals surface area contributed by atoms with E-state index >= 15 is 0 Å². The van der Waals surface area contributed by atoms with E-state index in [1.54, 1.807) is 41.6 Å². The van der Waals surface area contributed by atoms with E-state index in [0.29, 0.717) is 42.4 Å². The fourth-order valence-electron chi connectivity index (χ4n) is 4.94. The number of pyridine rings is 1. The van der Waals surface area contributed by atoms with Gasteiger partial charge in [-0.3, -0.25) is 19.4 Å². The first-order valence-corrected chi connectivity index (χ1v) is 16.3. The van der Waals surface area contributed by atoms with Gasteiger partial charge in [0.1, 0.15) is 10.3 Å². The number of halogens is 1. The number of rotatable bonds is 9. The number of hydrogen-bond donors (Lipinski definition) is 2. The van der Waals surface area contributed by atoms with Crippen molar-refractivity contribution in [1.29, 1.82) is 0 Å². The summed E-state index contributed by atoms with van der Waals surface area (Å²) in [4.78, 5) is 47.5. The molecule has 2 N–H and O–H groups in total. The molecule has 40 heavy (non-hydrogen) atoms. The van der Waals surface area contributed by atoms with E-state index in [-0.39, 0.29) is 28.6 Å². The van der Waals surface area contributed by atoms with Crippen LogP contribution in [0.25, 0.3) is 9.75 Å². The van der Waals surface area contributed by atoms with Crippen molar-refractivity contribution in [3.8, 4) is 9.75 Å². The van der Waals surface area contributed by atoms with Gasteiger partial charge in [0.15, 0.2) is 0 Å². The third-order valence-electron chi connectivity index (χ3n) is 6.95. The van der Waals surface area contributed by atoms with Crippen LogP contribution in [0.2, 0.25) is 4.34 Å². The summed E-state index contributed by atoms with van der Waals surface area (Å²) in [5.74, 6) is -0.859. The number of nitrogens with zero attached hydrogens (tertiary/aromatic N) is 3. The minimum atomic E-state index is -3.93. The van der Waals surface area contributed by atoms with Gasteiger partial charge in [-0.2, -0.15) is 4.72 Å². The number of nitrogens with one attached hydrogen (secondary N) is 2. The Morgan fingerprint density at radius 2 is 1.73 bits per heavy atom. The van der Waals surface area contributed by atoms with Gasteiger partial charge in [0.25, 0.3) is 15.9 Å². The first-order valence-electron chi connectivity index (χ1n) is 12.9. The fraction of sp³-hybridized carbons (Fsp3) is 0.385. The molecule has 0 saturated carbocycles. The second kappa shape index (κ2) is 12.4. The van der Waals surface area contributed by atoms with Crippen molar-refractivity contribution in [2.75, 3.05) is 26.2 Å². The van der Waals surface area contributed by atoms with Gasteiger partial charge in [-0.25, -0.2) is 8.42 Å². The zero-order chi connectivity index (χ0) is 28.3. The number of piperidine rings is 1. The van der Waals surface area contributed by atoms with Gasteiger partial charge in [-0.05, 0) is 62.1 Å². The van der Waals surface area contributed by atoms with Crippen molar-refractivity contribution in [3.05, 3.63) is 58.7 Å². The number of amides is 3. The van der Waals surface area contributed by atoms with E-state index < -0.39 is 22.0 Å². The third kappa shape index (κ3) is 6.55. The zero-order valence-corrected chi connectivity index (χ0v) is 24.6. The molecule has 0 radical (unpaired) electrons. The predicted octanol–water partition coefficient (Wildman–Crippen LogP) is 3.22. The van der Waals surface area contributed by atoms with Crippen LogP contribution in [0.4, 0.5) is 0 Å². The Labute approximate surface area is 245 Å². The van der Waals surface area contributed by atoms with Crippen LogP contribution in [-0.4, -0.2) is 79.2 Å². The summed E-state index contributed by atoms with van der Waals surface area (Å²) < 4.78 is 29.5. The van der Waals surface area contributed by atoms with Crippen molar-refractivity contribution in [2.24, 2.45) is 0 Å². The number of aromatic nitrogens is 1. The van der Waals surface area contributed by atoms with Gasteiger partial charge >= 0.3 is 0 Å². The Kier molecular flexibility index (Phi) is 8.86. The summed E-state index contributed by atoms with van der Waals surface area (Å²) in [5, 5.41) is 2.88. The van der Waals surface area contributed by atoms with Crippen LogP contribution in [0.15, 0.2) is 53.0 Å². The molecule has 2 atom stereocenters. The summed E-state index contributed by atoms with van der Waals surface area (Å²) in [6.07, 6.45) is 5.57. The van der Waals surface area contributed by atoms with Crippen molar-refractivity contribution < 1.29 is 22.8 Å². The van der Waals surface area contributed by atoms with Crippen molar-refractivity contribution >= 4 is 62.0 Å². The first-order chi connectivity index (χ1) is 19.2. The van der Waals surface area contributed by atoms with Crippen molar-refractivity contribution in [1.82, 2.24) is 24.8 Å². The van der Waals surface area contributed by atoms with E-state index in [1.165, 1.54) is 22.3 Å². The summed E-state index contributed by atoms with van der Waals surface area (Å²) in [5.41, 5.74) is 0.493. The highest BCUT2D eigenvalue weighted by Gasteiger charge is 2.36. The second-order valence-corrected chi connectivity index (χ2v) is 14.4. The zero-order valence-electron chi connectivity index (χ0n) is 21.4. The molecule has 2 aliphatic rings. The van der Waals surface area contributed by atoms with Crippen LogP contribution in [0.5, 0.6) is 0 Å². The molecular weight excluding hydrogens is 594 g/mol. The summed E-state index contributed by atoms with van der Waals surface area (Å²) in [6, 6.07) is 8.97. The molecule has 5 rings (SSSR count). The van der Waals surface area contributed by atoms with E-state index in [9.17, 15) is 22.8 Å². The minimum absolute atomic E-state index is 0.113. The molecule has 3 aromatic rings. The number of thiophene rings is 2. The topological polar surface area (TPSA) is 129 Å². The highest BCUT2D eigenvalue weighted by Crippen LogP contribution is 2.37. The maximum Gasteiger partial charge on any atom is 0.251 e. The minimum Gasteiger partial charge on any atom is -0.350 e. The normalized spacial score (nSPS) is 19.7. The molecule has 212 valence electrons. The lowest BCUT2D eigenvalue weighted by atomic mass is 10.1. The lowest BCUT2D eigenvalue weighted by Gasteiger charge is -2.34. The molecule has 2 aliphatic heterocycles. The van der Waals surface area contributed by atoms with Gasteiger partial charge in [0.05, 0.1) is 10.9 Å². The van der Waals surface area contributed by atoms with Gasteiger partial charge in [-0.1, -0.05) is 11.6 Å². The Hall–Kier alpha value is -2.84. The number of carbonyl (C=O) groups is 3. The number of hydrogen-bond acceptors (Lipinski definition) is 8. The van der Waals surface area contributed by atoms with Gasteiger partial charge in [0, 0.05) is 53.4 Å². The molecular formula is C26H28ClN5O5S3. The van der Waals surface area contributed by atoms with Crippen molar-refractivity contribution in [2.45, 2.75) is 42.0 Å². The molecule has 0 spiro atoms. The molecule has 2 saturated heterocycles. The molecule has 0 aromatic carbocycles. The molecule has 3 amide bonds. The Morgan fingerprint density at radius 1 is 1.00 bits per heavy atom. The second-order valence-electron chi connectivity index (χ2n) is 9.63. The fourth-order valence-corrected chi connectivity index (χ4v) is 8.62. The Morgan fingerprint density at radius 3 is 2.48 bits per heavy atom. The van der Waals surface area contributed by atoms with E-state index in [4.69, 9.17) is 11.6 Å². The van der Waals surface area contributed by atoms with E-state index in [0.717, 1.165) is 33.9 Å². The van der Waals surface area contributed by atoms with Crippen LogP contribution < -0.4 is 10.0 Å². The first kappa shape index (κ1) is 28.7. The molecule has 5 heterocycles. The van der Waals surface area contributed by atoms with Crippen LogP contribution in [0.1, 0.15) is 36.0 Å². The monoisotopic (exact) mass is 621 g/mol. The van der Waals surface area contributed by atoms with Gasteiger partial charge < -0.3 is 15.1 Å². The predicted molar refractivity (Wildman–Crippen MR) is 154 cm³/mol. The summed E-state index contributed by atoms with van der Waals surface area (Å²) in [7, 11) is -3.93. The molecule has 0 aliphatic carbocycles. The SMILES string of the molecule is O=C(NCC1CCCN1C(=O)CN1CCCC(NS(=O)(=O)c2ccc(-c3ccc(Cl)s3)s2)C1=O)c1ccncc1. The van der Waals surface area contributed by atoms with E-state index in [2.05, 4.69) is 15.0 Å². The number of sulfonamides is 1. The maximum atomic E-state index is 13.2. The average molecular weight is 622 g/mol. The van der Waals surface area contributed by atoms with Gasteiger partial charge in [0.2, 0.25) is 11.8 Å². The van der Waals surface area contributed by atoms with Crippen LogP contribution >= 0.6 is 34.3 Å². The summed E-state index contributed by atoms with van der Waals surface area (Å²) in [6.45, 7) is 1.10. The van der Waals surface area contributed by atoms with E-state index in [1.807, 2.05) is 6.07 Å². The Bertz CT molecular complexity index is 1490. The van der Waals surface area contributed by atoms with Crippen LogP contribution in [0.3, 0.4) is 0 Å². The highest BCUT2D eigenvalue weighted by atomic mass is 35.5. The molecule has 2 unspecified atom stereocenters. The highest BCUT2D eigenvalue weighted by molar-refractivity contribution is 7.91. The number of likely N-dealkylation sites (tertiary alicyclic amines) is 2. The Balaban J connectivity index is 1.17. The quantitative estimate of drug-likeness (QED) is 0.378. The average Bonchev–Trinajstić information content (AvgIpc) is 3.71. The standard InChI is InChI=1S/C26H28ClN5O5S3/c27-22-7-5-20(38-22)21-6-8-24(39-21)40(36,37)30-19-4-2-13-31(26(19)35)16-23(33)32-14-1-3-18(32)15-29-25(34)17-9-11-28-12-10-17/h5-12,18-19,30H,1-4,13-16H2,(H,29,34). The number of carbonyl (C=O) groups excluding carboxylic acids is 3. The van der Waals surface area contributed by atoms with Crippen LogP contribution in [-0.2, 0) is 19.6 Å². The van der Waals surface area contributed by atoms with Crippen molar-refractivity contribution in [3.63, 3.8) is 0 Å². The maximum absolute atomic E-state index is 13.2. The molecule has 3 aromatic heterocycles. The molecule has 0 bridgehead atoms. The smallest absolute Gasteiger partial charge is 0.251 e.